The molecule has 0 aliphatic carbocycles. The van der Waals surface area contributed by atoms with Crippen molar-refractivity contribution in [3.8, 4) is 0 Å². The summed E-state index contributed by atoms with van der Waals surface area (Å²) in [7, 11) is 1.64. The third-order valence-electron chi connectivity index (χ3n) is 3.76. The quantitative estimate of drug-likeness (QED) is 0.880. The van der Waals surface area contributed by atoms with Crippen molar-refractivity contribution in [3.63, 3.8) is 0 Å². The summed E-state index contributed by atoms with van der Waals surface area (Å²) in [4.78, 5) is 12.1. The summed E-state index contributed by atoms with van der Waals surface area (Å²) in [5.74, 6) is -0.471. The number of hydrogen-bond acceptors (Lipinski definition) is 2. The normalized spacial score (nSPS) is 11.4. The Morgan fingerprint density at radius 2 is 1.71 bits per heavy atom. The van der Waals surface area contributed by atoms with Crippen molar-refractivity contribution in [1.82, 2.24) is 0 Å². The van der Waals surface area contributed by atoms with Crippen LogP contribution in [0, 0.1) is 5.82 Å². The zero-order valence-corrected chi connectivity index (χ0v) is 14.7. The molecule has 0 aromatic heterocycles. The van der Waals surface area contributed by atoms with Crippen LogP contribution in [0.3, 0.4) is 0 Å². The summed E-state index contributed by atoms with van der Waals surface area (Å²) in [6.45, 7) is 6.41. The molecule has 0 atom stereocenters. The summed E-state index contributed by atoms with van der Waals surface area (Å²) in [6.07, 6.45) is 0.246. The smallest absolute Gasteiger partial charge is 0.228 e. The van der Waals surface area contributed by atoms with E-state index in [0.717, 1.165) is 11.1 Å². The predicted octanol–water partition coefficient (Wildman–Crippen LogP) is 4.45. The first-order valence-electron chi connectivity index (χ1n) is 7.96. The molecule has 24 heavy (non-hydrogen) atoms. The molecular formula is C20H24FNO2. The van der Waals surface area contributed by atoms with Gasteiger partial charge in [-0.1, -0.05) is 51.1 Å². The highest BCUT2D eigenvalue weighted by Crippen LogP contribution is 2.27. The van der Waals surface area contributed by atoms with E-state index >= 15 is 0 Å². The van der Waals surface area contributed by atoms with Crippen molar-refractivity contribution in [2.45, 2.75) is 39.2 Å². The number of hydrogen-bond donors (Lipinski definition) is 1. The highest BCUT2D eigenvalue weighted by Gasteiger charge is 2.18. The van der Waals surface area contributed by atoms with Crippen LogP contribution in [0.2, 0.25) is 0 Å². The van der Waals surface area contributed by atoms with Crippen molar-refractivity contribution in [3.05, 3.63) is 65.0 Å². The molecule has 4 heteroatoms. The van der Waals surface area contributed by atoms with Gasteiger partial charge in [0.15, 0.2) is 0 Å². The maximum Gasteiger partial charge on any atom is 0.228 e. The van der Waals surface area contributed by atoms with Gasteiger partial charge in [0.1, 0.15) is 5.82 Å². The van der Waals surface area contributed by atoms with Crippen LogP contribution in [-0.2, 0) is 28.0 Å². The second-order valence-corrected chi connectivity index (χ2v) is 6.92. The molecule has 2 aromatic rings. The number of anilines is 1. The van der Waals surface area contributed by atoms with E-state index in [1.807, 2.05) is 45.0 Å². The molecule has 0 heterocycles. The van der Waals surface area contributed by atoms with Gasteiger partial charge in [-0.3, -0.25) is 4.79 Å². The fourth-order valence-electron chi connectivity index (χ4n) is 2.51. The first-order chi connectivity index (χ1) is 11.3. The predicted molar refractivity (Wildman–Crippen MR) is 94.6 cm³/mol. The summed E-state index contributed by atoms with van der Waals surface area (Å²) >= 11 is 0. The van der Waals surface area contributed by atoms with E-state index in [9.17, 15) is 9.18 Å². The number of halogens is 1. The minimum Gasteiger partial charge on any atom is -0.380 e. The molecule has 1 N–H and O–H groups in total. The molecule has 0 saturated heterocycles. The third-order valence-corrected chi connectivity index (χ3v) is 3.76. The van der Waals surface area contributed by atoms with Crippen LogP contribution in [-0.4, -0.2) is 13.0 Å². The average molecular weight is 329 g/mol. The Labute approximate surface area is 142 Å². The monoisotopic (exact) mass is 329 g/mol. The van der Waals surface area contributed by atoms with Crippen LogP contribution >= 0.6 is 0 Å². The number of benzene rings is 2. The molecule has 0 spiro atoms. The van der Waals surface area contributed by atoms with E-state index < -0.39 is 0 Å². The Bertz CT molecular complexity index is 703. The van der Waals surface area contributed by atoms with Crippen LogP contribution in [0.4, 0.5) is 10.1 Å². The molecule has 0 bridgehead atoms. The number of ether oxygens (including phenoxy) is 1. The minimum atomic E-state index is -0.302. The molecule has 0 unspecified atom stereocenters. The Morgan fingerprint density at radius 3 is 2.25 bits per heavy atom. The van der Waals surface area contributed by atoms with Crippen LogP contribution in [0.25, 0.3) is 0 Å². The Hall–Kier alpha value is -2.20. The number of amides is 1. The maximum absolute atomic E-state index is 14.2. The zero-order chi connectivity index (χ0) is 17.7. The number of carbonyl (C=O) groups is 1. The first-order valence-corrected chi connectivity index (χ1v) is 7.96. The summed E-state index contributed by atoms with van der Waals surface area (Å²) in [6, 6.07) is 12.5. The van der Waals surface area contributed by atoms with Crippen LogP contribution in [0.15, 0.2) is 42.5 Å². The maximum atomic E-state index is 14.2. The van der Waals surface area contributed by atoms with Gasteiger partial charge in [-0.25, -0.2) is 4.39 Å². The van der Waals surface area contributed by atoms with E-state index in [0.29, 0.717) is 17.9 Å². The van der Waals surface area contributed by atoms with Gasteiger partial charge in [-0.2, -0.15) is 0 Å². The Morgan fingerprint density at radius 1 is 1.08 bits per heavy atom. The first kappa shape index (κ1) is 18.1. The second-order valence-electron chi connectivity index (χ2n) is 6.92. The summed E-state index contributed by atoms with van der Waals surface area (Å²) in [5.41, 5.74) is 2.80. The molecular weight excluding hydrogens is 305 g/mol. The second kappa shape index (κ2) is 7.58. The van der Waals surface area contributed by atoms with Crippen molar-refractivity contribution < 1.29 is 13.9 Å². The van der Waals surface area contributed by atoms with Gasteiger partial charge in [0.05, 0.1) is 13.0 Å². The zero-order valence-electron chi connectivity index (χ0n) is 14.7. The fourth-order valence-corrected chi connectivity index (χ4v) is 2.51. The highest BCUT2D eigenvalue weighted by molar-refractivity contribution is 5.92. The van der Waals surface area contributed by atoms with Gasteiger partial charge < -0.3 is 10.1 Å². The molecule has 1 amide bonds. The van der Waals surface area contributed by atoms with E-state index in [2.05, 4.69) is 5.32 Å². The van der Waals surface area contributed by atoms with Gasteiger partial charge in [-0.15, -0.1) is 0 Å². The average Bonchev–Trinajstić information content (AvgIpc) is 2.48. The number of carbonyl (C=O) groups excluding carboxylic acids is 1. The number of rotatable bonds is 5. The third kappa shape index (κ3) is 4.90. The molecule has 0 aliphatic heterocycles. The van der Waals surface area contributed by atoms with Crippen molar-refractivity contribution >= 4 is 11.6 Å². The van der Waals surface area contributed by atoms with Gasteiger partial charge in [0.2, 0.25) is 5.91 Å². The SMILES string of the molecule is COCc1ccc(CC(=O)Nc2ccc(C(C)(C)C)c(F)c2)cc1. The molecule has 3 nitrogen and oxygen atoms in total. The van der Waals surface area contributed by atoms with Crippen molar-refractivity contribution in [1.29, 1.82) is 0 Å². The Kier molecular flexibility index (Phi) is 5.73. The van der Waals surface area contributed by atoms with E-state index in [1.165, 1.54) is 6.07 Å². The Balaban J connectivity index is 2.00. The topological polar surface area (TPSA) is 38.3 Å². The number of methoxy groups -OCH3 is 1. The van der Waals surface area contributed by atoms with Crippen LogP contribution < -0.4 is 5.32 Å². The molecule has 0 aliphatic rings. The standard InChI is InChI=1S/C20H24FNO2/c1-20(2,3)17-10-9-16(12-18(17)21)22-19(23)11-14-5-7-15(8-6-14)13-24-4/h5-10,12H,11,13H2,1-4H3,(H,22,23). The summed E-state index contributed by atoms with van der Waals surface area (Å²) in [5, 5.41) is 2.75. The van der Waals surface area contributed by atoms with E-state index in [-0.39, 0.29) is 23.6 Å². The van der Waals surface area contributed by atoms with Crippen molar-refractivity contribution in [2.24, 2.45) is 0 Å². The lowest BCUT2D eigenvalue weighted by molar-refractivity contribution is -0.115. The van der Waals surface area contributed by atoms with Crippen LogP contribution in [0.1, 0.15) is 37.5 Å². The van der Waals surface area contributed by atoms with Gasteiger partial charge in [-0.05, 0) is 34.2 Å². The van der Waals surface area contributed by atoms with E-state index in [1.54, 1.807) is 19.2 Å². The largest absolute Gasteiger partial charge is 0.380 e. The van der Waals surface area contributed by atoms with Gasteiger partial charge in [0.25, 0.3) is 0 Å². The molecule has 0 saturated carbocycles. The fraction of sp³-hybridized carbons (Fsp3) is 0.350. The molecule has 2 aromatic carbocycles. The molecule has 128 valence electrons. The van der Waals surface area contributed by atoms with Crippen LogP contribution in [0.5, 0.6) is 0 Å². The van der Waals surface area contributed by atoms with E-state index in [4.69, 9.17) is 4.74 Å². The lowest BCUT2D eigenvalue weighted by atomic mass is 9.86. The highest BCUT2D eigenvalue weighted by atomic mass is 19.1. The number of nitrogens with one attached hydrogen (secondary N) is 1. The lowest BCUT2D eigenvalue weighted by Gasteiger charge is -2.20. The minimum absolute atomic E-state index is 0.169. The molecule has 0 radical (unpaired) electrons. The molecule has 0 fully saturated rings. The van der Waals surface area contributed by atoms with Gasteiger partial charge in [0, 0.05) is 12.8 Å². The van der Waals surface area contributed by atoms with Crippen molar-refractivity contribution in [2.75, 3.05) is 12.4 Å². The van der Waals surface area contributed by atoms with Gasteiger partial charge >= 0.3 is 0 Å². The molecule has 2 rings (SSSR count). The lowest BCUT2D eigenvalue weighted by Crippen LogP contribution is -2.16. The summed E-state index contributed by atoms with van der Waals surface area (Å²) < 4.78 is 19.2.